The Balaban J connectivity index is 3.83. The average molecular weight is 203 g/mol. The third-order valence-electron chi connectivity index (χ3n) is 2.71. The fourth-order valence-corrected chi connectivity index (χ4v) is 0.974. The molecular formula is C11H25NO2. The van der Waals surface area contributed by atoms with E-state index >= 15 is 0 Å². The lowest BCUT2D eigenvalue weighted by atomic mass is 9.89. The molecule has 3 heteroatoms. The summed E-state index contributed by atoms with van der Waals surface area (Å²) >= 11 is 0. The number of hydrogen-bond donors (Lipinski definition) is 2. The quantitative estimate of drug-likeness (QED) is 0.710. The summed E-state index contributed by atoms with van der Waals surface area (Å²) in [6, 6.07) is 0.261. The van der Waals surface area contributed by atoms with Crippen LogP contribution in [0.2, 0.25) is 0 Å². The van der Waals surface area contributed by atoms with Gasteiger partial charge in [-0.05, 0) is 19.3 Å². The first-order valence-electron chi connectivity index (χ1n) is 5.23. The lowest BCUT2D eigenvalue weighted by Gasteiger charge is -2.28. The molecule has 0 saturated heterocycles. The summed E-state index contributed by atoms with van der Waals surface area (Å²) in [4.78, 5) is 0. The Morgan fingerprint density at radius 2 is 1.79 bits per heavy atom. The molecular weight excluding hydrogens is 178 g/mol. The van der Waals surface area contributed by atoms with E-state index in [1.807, 2.05) is 27.7 Å². The second-order valence-corrected chi connectivity index (χ2v) is 5.02. The third-order valence-corrected chi connectivity index (χ3v) is 2.71. The van der Waals surface area contributed by atoms with Crippen molar-refractivity contribution in [1.29, 1.82) is 0 Å². The van der Waals surface area contributed by atoms with Crippen LogP contribution in [0, 0.1) is 5.41 Å². The molecule has 0 aromatic carbocycles. The zero-order valence-corrected chi connectivity index (χ0v) is 10.3. The highest BCUT2D eigenvalue weighted by Crippen LogP contribution is 2.18. The van der Waals surface area contributed by atoms with Crippen LogP contribution in [0.15, 0.2) is 0 Å². The van der Waals surface area contributed by atoms with E-state index in [0.29, 0.717) is 6.54 Å². The van der Waals surface area contributed by atoms with Crippen LogP contribution in [-0.2, 0) is 4.74 Å². The molecule has 14 heavy (non-hydrogen) atoms. The Morgan fingerprint density at radius 3 is 2.14 bits per heavy atom. The molecule has 2 N–H and O–H groups in total. The topological polar surface area (TPSA) is 41.5 Å². The molecule has 0 fully saturated rings. The Morgan fingerprint density at radius 1 is 1.29 bits per heavy atom. The van der Waals surface area contributed by atoms with Gasteiger partial charge in [0.1, 0.15) is 0 Å². The SMILES string of the molecule is COC(C)C(C)NCC(O)C(C)(C)C. The first kappa shape index (κ1) is 13.9. The Hall–Kier alpha value is -0.120. The Bertz CT molecular complexity index is 154. The number of nitrogens with one attached hydrogen (secondary N) is 1. The molecule has 0 amide bonds. The molecule has 0 aromatic heterocycles. The summed E-state index contributed by atoms with van der Waals surface area (Å²) in [5, 5.41) is 13.1. The predicted molar refractivity (Wildman–Crippen MR) is 59.4 cm³/mol. The maximum absolute atomic E-state index is 9.79. The van der Waals surface area contributed by atoms with Gasteiger partial charge in [-0.25, -0.2) is 0 Å². The molecule has 0 aliphatic rings. The molecule has 3 nitrogen and oxygen atoms in total. The third kappa shape index (κ3) is 4.94. The minimum atomic E-state index is -0.325. The van der Waals surface area contributed by atoms with Crippen molar-refractivity contribution in [2.75, 3.05) is 13.7 Å². The van der Waals surface area contributed by atoms with Gasteiger partial charge in [0.05, 0.1) is 12.2 Å². The number of methoxy groups -OCH3 is 1. The molecule has 0 bridgehead atoms. The summed E-state index contributed by atoms with van der Waals surface area (Å²) in [5.41, 5.74) is -0.0664. The summed E-state index contributed by atoms with van der Waals surface area (Å²) in [6.45, 7) is 10.8. The van der Waals surface area contributed by atoms with Crippen molar-refractivity contribution in [3.63, 3.8) is 0 Å². The van der Waals surface area contributed by atoms with Crippen molar-refractivity contribution in [3.05, 3.63) is 0 Å². The van der Waals surface area contributed by atoms with Gasteiger partial charge in [-0.3, -0.25) is 0 Å². The van der Waals surface area contributed by atoms with Crippen LogP contribution in [0.1, 0.15) is 34.6 Å². The van der Waals surface area contributed by atoms with Gasteiger partial charge < -0.3 is 15.2 Å². The molecule has 3 unspecified atom stereocenters. The zero-order chi connectivity index (χ0) is 11.4. The van der Waals surface area contributed by atoms with E-state index in [1.165, 1.54) is 0 Å². The van der Waals surface area contributed by atoms with E-state index in [2.05, 4.69) is 12.2 Å². The van der Waals surface area contributed by atoms with E-state index in [-0.39, 0.29) is 23.7 Å². The van der Waals surface area contributed by atoms with Gasteiger partial charge in [-0.15, -0.1) is 0 Å². The number of aliphatic hydroxyl groups excluding tert-OH is 1. The van der Waals surface area contributed by atoms with Gasteiger partial charge in [0.2, 0.25) is 0 Å². The van der Waals surface area contributed by atoms with Crippen LogP contribution in [-0.4, -0.2) is 37.0 Å². The second kappa shape index (κ2) is 5.69. The van der Waals surface area contributed by atoms with Crippen LogP contribution in [0.25, 0.3) is 0 Å². The van der Waals surface area contributed by atoms with E-state index in [4.69, 9.17) is 4.74 Å². The molecule has 3 atom stereocenters. The molecule has 0 rings (SSSR count). The van der Waals surface area contributed by atoms with Crippen molar-refractivity contribution < 1.29 is 9.84 Å². The molecule has 0 spiro atoms. The number of hydrogen-bond acceptors (Lipinski definition) is 3. The summed E-state index contributed by atoms with van der Waals surface area (Å²) in [7, 11) is 1.70. The van der Waals surface area contributed by atoms with Crippen molar-refractivity contribution >= 4 is 0 Å². The molecule has 0 aromatic rings. The van der Waals surface area contributed by atoms with Crippen LogP contribution >= 0.6 is 0 Å². The predicted octanol–water partition coefficient (Wildman–Crippen LogP) is 1.41. The van der Waals surface area contributed by atoms with E-state index < -0.39 is 0 Å². The standard InChI is InChI=1S/C11H25NO2/c1-8(9(2)14-6)12-7-10(13)11(3,4)5/h8-10,12-13H,7H2,1-6H3. The minimum absolute atomic E-state index is 0.0664. The highest BCUT2D eigenvalue weighted by Gasteiger charge is 2.22. The fraction of sp³-hybridized carbons (Fsp3) is 1.00. The highest BCUT2D eigenvalue weighted by atomic mass is 16.5. The summed E-state index contributed by atoms with van der Waals surface area (Å²) < 4.78 is 5.19. The molecule has 0 radical (unpaired) electrons. The molecule has 0 aliphatic heterocycles. The van der Waals surface area contributed by atoms with Crippen LogP contribution in [0.3, 0.4) is 0 Å². The summed E-state index contributed by atoms with van der Waals surface area (Å²) in [6.07, 6.45) is -0.156. The lowest BCUT2D eigenvalue weighted by Crippen LogP contribution is -2.44. The first-order chi connectivity index (χ1) is 6.29. The number of rotatable bonds is 5. The van der Waals surface area contributed by atoms with Crippen LogP contribution < -0.4 is 5.32 Å². The van der Waals surface area contributed by atoms with Crippen LogP contribution in [0.5, 0.6) is 0 Å². The fourth-order valence-electron chi connectivity index (χ4n) is 0.974. The van der Waals surface area contributed by atoms with Gasteiger partial charge in [-0.2, -0.15) is 0 Å². The maximum Gasteiger partial charge on any atom is 0.0712 e. The van der Waals surface area contributed by atoms with Crippen LogP contribution in [0.4, 0.5) is 0 Å². The van der Waals surface area contributed by atoms with E-state index in [1.54, 1.807) is 7.11 Å². The second-order valence-electron chi connectivity index (χ2n) is 5.02. The Labute approximate surface area is 87.8 Å². The Kier molecular flexibility index (Phi) is 5.64. The van der Waals surface area contributed by atoms with E-state index in [0.717, 1.165) is 0 Å². The van der Waals surface area contributed by atoms with Crippen molar-refractivity contribution in [2.45, 2.75) is 52.9 Å². The smallest absolute Gasteiger partial charge is 0.0712 e. The number of ether oxygens (including phenoxy) is 1. The highest BCUT2D eigenvalue weighted by molar-refractivity contribution is 4.77. The molecule has 0 heterocycles. The van der Waals surface area contributed by atoms with E-state index in [9.17, 15) is 5.11 Å². The molecule has 0 aliphatic carbocycles. The summed E-state index contributed by atoms with van der Waals surface area (Å²) in [5.74, 6) is 0. The molecule has 0 saturated carbocycles. The van der Waals surface area contributed by atoms with Gasteiger partial charge >= 0.3 is 0 Å². The zero-order valence-electron chi connectivity index (χ0n) is 10.3. The van der Waals surface area contributed by atoms with Gasteiger partial charge in [0.15, 0.2) is 0 Å². The van der Waals surface area contributed by atoms with Gasteiger partial charge in [-0.1, -0.05) is 20.8 Å². The number of aliphatic hydroxyl groups is 1. The van der Waals surface area contributed by atoms with Crippen molar-refractivity contribution in [3.8, 4) is 0 Å². The monoisotopic (exact) mass is 203 g/mol. The van der Waals surface area contributed by atoms with Gasteiger partial charge in [0.25, 0.3) is 0 Å². The van der Waals surface area contributed by atoms with Crippen molar-refractivity contribution in [1.82, 2.24) is 5.32 Å². The van der Waals surface area contributed by atoms with Gasteiger partial charge in [0, 0.05) is 19.7 Å². The largest absolute Gasteiger partial charge is 0.391 e. The average Bonchev–Trinajstić information content (AvgIpc) is 2.10. The minimum Gasteiger partial charge on any atom is -0.391 e. The molecule has 86 valence electrons. The maximum atomic E-state index is 9.79. The first-order valence-corrected chi connectivity index (χ1v) is 5.23. The van der Waals surface area contributed by atoms with Crippen molar-refractivity contribution in [2.24, 2.45) is 5.41 Å². The normalized spacial score (nSPS) is 19.1. The lowest BCUT2D eigenvalue weighted by molar-refractivity contribution is 0.0457.